The van der Waals surface area contributed by atoms with Crippen LogP contribution in [-0.4, -0.2) is 13.1 Å². The van der Waals surface area contributed by atoms with Gasteiger partial charge in [-0.25, -0.2) is 4.99 Å². The topological polar surface area (TPSA) is 59.6 Å². The number of nitrogens with two attached hydrogens (primary N) is 1. The summed E-state index contributed by atoms with van der Waals surface area (Å²) in [6.45, 7) is 0.188. The lowest BCUT2D eigenvalue weighted by atomic mass is 10.1. The molecule has 0 amide bonds. The van der Waals surface area contributed by atoms with Gasteiger partial charge >= 0.3 is 6.18 Å². The maximum Gasteiger partial charge on any atom is 0.416 e. The first-order valence-electron chi connectivity index (χ1n) is 6.75. The molecular formula is C16H17F3IN3O. The van der Waals surface area contributed by atoms with E-state index in [0.29, 0.717) is 5.56 Å². The molecule has 0 saturated heterocycles. The fraction of sp³-hybridized carbons (Fsp3) is 0.188. The minimum absolute atomic E-state index is 0. The molecule has 0 spiro atoms. The Morgan fingerprint density at radius 1 is 1.08 bits per heavy atom. The van der Waals surface area contributed by atoms with Crippen LogP contribution in [0.5, 0.6) is 5.75 Å². The third kappa shape index (κ3) is 5.91. The monoisotopic (exact) mass is 451 g/mol. The van der Waals surface area contributed by atoms with Crippen molar-refractivity contribution in [2.75, 3.05) is 12.4 Å². The van der Waals surface area contributed by atoms with E-state index in [1.165, 1.54) is 12.1 Å². The molecular weight excluding hydrogens is 434 g/mol. The summed E-state index contributed by atoms with van der Waals surface area (Å²) in [5.74, 6) is 0.894. The highest BCUT2D eigenvalue weighted by atomic mass is 127. The number of alkyl halides is 3. The van der Waals surface area contributed by atoms with Gasteiger partial charge in [0.1, 0.15) is 5.75 Å². The van der Waals surface area contributed by atoms with Crippen molar-refractivity contribution in [2.45, 2.75) is 12.7 Å². The van der Waals surface area contributed by atoms with E-state index >= 15 is 0 Å². The molecule has 8 heteroatoms. The number of nitrogens with one attached hydrogen (secondary N) is 1. The lowest BCUT2D eigenvalue weighted by molar-refractivity contribution is -0.137. The molecule has 2 aromatic rings. The highest BCUT2D eigenvalue weighted by molar-refractivity contribution is 14.0. The van der Waals surface area contributed by atoms with E-state index in [0.717, 1.165) is 23.6 Å². The fourth-order valence-electron chi connectivity index (χ4n) is 1.84. The Balaban J connectivity index is 0.00000288. The van der Waals surface area contributed by atoms with Crippen molar-refractivity contribution in [1.29, 1.82) is 0 Å². The summed E-state index contributed by atoms with van der Waals surface area (Å²) < 4.78 is 42.4. The first kappa shape index (κ1) is 20.1. The van der Waals surface area contributed by atoms with E-state index in [9.17, 15) is 13.2 Å². The number of nitrogens with zero attached hydrogens (tertiary/aromatic N) is 1. The number of benzene rings is 2. The third-order valence-electron chi connectivity index (χ3n) is 3.08. The lowest BCUT2D eigenvalue weighted by Gasteiger charge is -2.08. The molecule has 2 rings (SSSR count). The second-order valence-corrected chi connectivity index (χ2v) is 4.75. The number of anilines is 1. The molecule has 0 bridgehead atoms. The van der Waals surface area contributed by atoms with Crippen molar-refractivity contribution in [1.82, 2.24) is 0 Å². The van der Waals surface area contributed by atoms with Crippen LogP contribution in [0.2, 0.25) is 0 Å². The van der Waals surface area contributed by atoms with Gasteiger partial charge in [-0.1, -0.05) is 12.1 Å². The zero-order valence-electron chi connectivity index (χ0n) is 12.8. The van der Waals surface area contributed by atoms with E-state index in [1.807, 2.05) is 0 Å². The predicted molar refractivity (Wildman–Crippen MR) is 98.8 cm³/mol. The first-order valence-corrected chi connectivity index (χ1v) is 6.75. The summed E-state index contributed by atoms with van der Waals surface area (Å²) in [5, 5.41) is 2.89. The maximum absolute atomic E-state index is 12.5. The molecule has 0 aliphatic heterocycles. The standard InChI is InChI=1S/C16H16F3N3O.HI/c1-23-14-8-6-13(7-9-14)22-15(20)21-10-11-2-4-12(5-3-11)16(17,18)19;/h2-9H,10H2,1H3,(H3,20,21,22);1H. The molecule has 3 N–H and O–H groups in total. The van der Waals surface area contributed by atoms with Gasteiger partial charge in [0.2, 0.25) is 0 Å². The highest BCUT2D eigenvalue weighted by Crippen LogP contribution is 2.29. The van der Waals surface area contributed by atoms with Crippen molar-refractivity contribution in [3.8, 4) is 5.75 Å². The zero-order chi connectivity index (χ0) is 16.9. The summed E-state index contributed by atoms with van der Waals surface area (Å²) in [6, 6.07) is 11.9. The summed E-state index contributed by atoms with van der Waals surface area (Å²) in [4.78, 5) is 4.09. The molecule has 2 aromatic carbocycles. The van der Waals surface area contributed by atoms with Crippen LogP contribution in [0.4, 0.5) is 18.9 Å². The number of halogens is 4. The Bertz CT molecular complexity index is 670. The van der Waals surface area contributed by atoms with E-state index in [1.54, 1.807) is 31.4 Å². The molecule has 0 atom stereocenters. The van der Waals surface area contributed by atoms with Gasteiger partial charge in [0.05, 0.1) is 19.2 Å². The molecule has 0 unspecified atom stereocenters. The Morgan fingerprint density at radius 2 is 1.67 bits per heavy atom. The number of guanidine groups is 1. The van der Waals surface area contributed by atoms with Crippen LogP contribution >= 0.6 is 24.0 Å². The van der Waals surface area contributed by atoms with Crippen LogP contribution in [-0.2, 0) is 12.7 Å². The quantitative estimate of drug-likeness (QED) is 0.415. The van der Waals surface area contributed by atoms with Gasteiger partial charge in [0.15, 0.2) is 5.96 Å². The van der Waals surface area contributed by atoms with Crippen molar-refractivity contribution >= 4 is 35.6 Å². The summed E-state index contributed by atoms with van der Waals surface area (Å²) >= 11 is 0. The van der Waals surface area contributed by atoms with Crippen molar-refractivity contribution in [2.24, 2.45) is 10.7 Å². The minimum Gasteiger partial charge on any atom is -0.497 e. The highest BCUT2D eigenvalue weighted by Gasteiger charge is 2.29. The first-order chi connectivity index (χ1) is 10.9. The van der Waals surface area contributed by atoms with Crippen molar-refractivity contribution in [3.05, 3.63) is 59.7 Å². The van der Waals surface area contributed by atoms with E-state index in [-0.39, 0.29) is 36.5 Å². The van der Waals surface area contributed by atoms with Crippen molar-refractivity contribution < 1.29 is 17.9 Å². The summed E-state index contributed by atoms with van der Waals surface area (Å²) in [5.41, 5.74) is 6.44. The summed E-state index contributed by atoms with van der Waals surface area (Å²) in [7, 11) is 1.57. The molecule has 130 valence electrons. The Labute approximate surface area is 154 Å². The number of ether oxygens (including phenoxy) is 1. The normalized spacial score (nSPS) is 11.6. The lowest BCUT2D eigenvalue weighted by Crippen LogP contribution is -2.22. The molecule has 0 aliphatic carbocycles. The van der Waals surface area contributed by atoms with Crippen LogP contribution in [0, 0.1) is 0 Å². The Kier molecular flexibility index (Phi) is 7.33. The number of methoxy groups -OCH3 is 1. The molecule has 0 heterocycles. The molecule has 0 radical (unpaired) electrons. The minimum atomic E-state index is -4.34. The smallest absolute Gasteiger partial charge is 0.416 e. The van der Waals surface area contributed by atoms with E-state index < -0.39 is 11.7 Å². The van der Waals surface area contributed by atoms with Crippen LogP contribution in [0.1, 0.15) is 11.1 Å². The molecule has 0 aromatic heterocycles. The van der Waals surface area contributed by atoms with Gasteiger partial charge in [0.25, 0.3) is 0 Å². The molecule has 0 fully saturated rings. The average molecular weight is 451 g/mol. The van der Waals surface area contributed by atoms with Crippen LogP contribution in [0.25, 0.3) is 0 Å². The molecule has 4 nitrogen and oxygen atoms in total. The van der Waals surface area contributed by atoms with Gasteiger partial charge in [0, 0.05) is 5.69 Å². The van der Waals surface area contributed by atoms with Crippen molar-refractivity contribution in [3.63, 3.8) is 0 Å². The predicted octanol–water partition coefficient (Wildman–Crippen LogP) is 4.26. The second-order valence-electron chi connectivity index (χ2n) is 4.75. The summed E-state index contributed by atoms with van der Waals surface area (Å²) in [6.07, 6.45) is -4.34. The van der Waals surface area contributed by atoms with Gasteiger partial charge in [-0.05, 0) is 42.0 Å². The number of hydrogen-bond acceptors (Lipinski definition) is 2. The van der Waals surface area contributed by atoms with Gasteiger partial charge in [-0.3, -0.25) is 0 Å². The Hall–Kier alpha value is -1.97. The second kappa shape index (κ2) is 8.76. The van der Waals surface area contributed by atoms with Crippen LogP contribution in [0.15, 0.2) is 53.5 Å². The van der Waals surface area contributed by atoms with Gasteiger partial charge in [-0.15, -0.1) is 24.0 Å². The molecule has 24 heavy (non-hydrogen) atoms. The van der Waals surface area contributed by atoms with E-state index in [4.69, 9.17) is 10.5 Å². The largest absolute Gasteiger partial charge is 0.497 e. The number of rotatable bonds is 4. The molecule has 0 aliphatic rings. The average Bonchev–Trinajstić information content (AvgIpc) is 2.53. The maximum atomic E-state index is 12.5. The fourth-order valence-corrected chi connectivity index (χ4v) is 1.84. The SMILES string of the molecule is COc1ccc(NC(N)=NCc2ccc(C(F)(F)F)cc2)cc1.I. The van der Waals surface area contributed by atoms with Gasteiger partial charge in [-0.2, -0.15) is 13.2 Å². The third-order valence-corrected chi connectivity index (χ3v) is 3.08. The number of hydrogen-bond donors (Lipinski definition) is 2. The van der Waals surface area contributed by atoms with Crippen LogP contribution < -0.4 is 15.8 Å². The van der Waals surface area contributed by atoms with Crippen LogP contribution in [0.3, 0.4) is 0 Å². The zero-order valence-corrected chi connectivity index (χ0v) is 15.1. The van der Waals surface area contributed by atoms with Gasteiger partial charge < -0.3 is 15.8 Å². The number of aliphatic imine (C=N–C) groups is 1. The van der Waals surface area contributed by atoms with E-state index in [2.05, 4.69) is 10.3 Å². The molecule has 0 saturated carbocycles. The Morgan fingerprint density at radius 3 is 2.17 bits per heavy atom.